The molecule has 0 N–H and O–H groups in total. The largest absolute Gasteiger partial charge is 0.463 e. The van der Waals surface area contributed by atoms with Gasteiger partial charge >= 0.3 is 5.97 Å². The first-order valence-corrected chi connectivity index (χ1v) is 10.6. The van der Waals surface area contributed by atoms with Gasteiger partial charge in [-0.25, -0.2) is 0 Å². The lowest BCUT2D eigenvalue weighted by Gasteiger charge is -2.57. The van der Waals surface area contributed by atoms with E-state index < -0.39 is 0 Å². The minimum Gasteiger partial charge on any atom is -0.463 e. The van der Waals surface area contributed by atoms with Gasteiger partial charge in [0.2, 0.25) is 0 Å². The first kappa shape index (κ1) is 18.3. The Kier molecular flexibility index (Phi) is 4.36. The molecule has 4 rings (SSSR count). The van der Waals surface area contributed by atoms with Crippen LogP contribution < -0.4 is 0 Å². The van der Waals surface area contributed by atoms with Gasteiger partial charge in [-0.2, -0.15) is 0 Å². The monoisotopic (exact) mass is 358 g/mol. The number of carbonyl (C=O) groups is 2. The third-order valence-electron chi connectivity index (χ3n) is 8.93. The number of Topliss-reactive ketones (excluding diaryl/α,β-unsaturated/α-hetero) is 1. The van der Waals surface area contributed by atoms with Gasteiger partial charge < -0.3 is 4.74 Å². The molecule has 0 heterocycles. The van der Waals surface area contributed by atoms with Crippen molar-refractivity contribution < 1.29 is 14.3 Å². The van der Waals surface area contributed by atoms with E-state index in [1.54, 1.807) is 0 Å². The number of allylic oxidation sites excluding steroid dienone is 2. The van der Waals surface area contributed by atoms with E-state index in [-0.39, 0.29) is 17.5 Å². The highest BCUT2D eigenvalue weighted by atomic mass is 16.5. The van der Waals surface area contributed by atoms with Gasteiger partial charge in [0.25, 0.3) is 0 Å². The summed E-state index contributed by atoms with van der Waals surface area (Å²) in [6, 6.07) is 0. The molecule has 0 radical (unpaired) electrons. The molecule has 0 saturated heterocycles. The number of ketones is 1. The van der Waals surface area contributed by atoms with Crippen LogP contribution in [0.1, 0.15) is 79.1 Å². The van der Waals surface area contributed by atoms with Crippen LogP contribution >= 0.6 is 0 Å². The summed E-state index contributed by atoms with van der Waals surface area (Å²) in [4.78, 5) is 23.4. The zero-order valence-electron chi connectivity index (χ0n) is 16.8. The maximum atomic E-state index is 12.0. The number of ether oxygens (including phenoxy) is 1. The van der Waals surface area contributed by atoms with Crippen LogP contribution in [0, 0.1) is 34.5 Å². The highest BCUT2D eigenvalue weighted by molar-refractivity contribution is 5.82. The molecule has 3 fully saturated rings. The zero-order chi connectivity index (χ0) is 18.7. The normalized spacial score (nSPS) is 45.8. The minimum absolute atomic E-state index is 0.0247. The van der Waals surface area contributed by atoms with Crippen molar-refractivity contribution >= 4 is 11.8 Å². The predicted molar refractivity (Wildman–Crippen MR) is 101 cm³/mol. The van der Waals surface area contributed by atoms with Crippen LogP contribution in [-0.2, 0) is 14.3 Å². The second-order valence-corrected chi connectivity index (χ2v) is 10.0. The van der Waals surface area contributed by atoms with Crippen molar-refractivity contribution in [2.75, 3.05) is 0 Å². The summed E-state index contributed by atoms with van der Waals surface area (Å²) in [5.41, 5.74) is 1.99. The Hall–Kier alpha value is -1.12. The van der Waals surface area contributed by atoms with Crippen LogP contribution in [-0.4, -0.2) is 17.9 Å². The number of hydrogen-bond acceptors (Lipinski definition) is 3. The smallest absolute Gasteiger partial charge is 0.302 e. The summed E-state index contributed by atoms with van der Waals surface area (Å²) in [5.74, 6) is 2.98. The average Bonchev–Trinajstić information content (AvgIpc) is 2.92. The molecule has 7 atom stereocenters. The van der Waals surface area contributed by atoms with Crippen LogP contribution in [0.5, 0.6) is 0 Å². The van der Waals surface area contributed by atoms with Gasteiger partial charge in [-0.3, -0.25) is 9.59 Å². The van der Waals surface area contributed by atoms with E-state index in [9.17, 15) is 9.59 Å². The molecule has 0 spiro atoms. The van der Waals surface area contributed by atoms with E-state index in [2.05, 4.69) is 26.8 Å². The molecular weight excluding hydrogens is 324 g/mol. The molecule has 0 aromatic carbocycles. The molecule has 7 unspecified atom stereocenters. The Labute approximate surface area is 157 Å². The summed E-state index contributed by atoms with van der Waals surface area (Å²) in [5, 5.41) is 0. The zero-order valence-corrected chi connectivity index (χ0v) is 16.8. The maximum Gasteiger partial charge on any atom is 0.302 e. The van der Waals surface area contributed by atoms with Gasteiger partial charge in [0.15, 0.2) is 0 Å². The molecule has 144 valence electrons. The van der Waals surface area contributed by atoms with Crippen molar-refractivity contribution in [3.8, 4) is 0 Å². The topological polar surface area (TPSA) is 43.4 Å². The van der Waals surface area contributed by atoms with Gasteiger partial charge in [-0.05, 0) is 74.0 Å². The lowest BCUT2D eigenvalue weighted by Crippen LogP contribution is -2.51. The Morgan fingerprint density at radius 1 is 1.19 bits per heavy atom. The summed E-state index contributed by atoms with van der Waals surface area (Å²) in [6.45, 7) is 8.54. The highest BCUT2D eigenvalue weighted by Crippen LogP contribution is 2.66. The highest BCUT2D eigenvalue weighted by Gasteiger charge is 2.59. The number of fused-ring (bicyclic) bond motifs is 5. The minimum atomic E-state index is -0.150. The summed E-state index contributed by atoms with van der Waals surface area (Å²) < 4.78 is 5.61. The average molecular weight is 359 g/mol. The fraction of sp³-hybridized carbons (Fsp3) is 0.826. The number of rotatable bonds is 2. The van der Waals surface area contributed by atoms with Gasteiger partial charge in [0.1, 0.15) is 11.9 Å². The van der Waals surface area contributed by atoms with Gasteiger partial charge in [0, 0.05) is 25.7 Å². The number of carbonyl (C=O) groups excluding carboxylic acids is 2. The van der Waals surface area contributed by atoms with Crippen LogP contribution in [0.2, 0.25) is 0 Å². The molecule has 4 aliphatic carbocycles. The van der Waals surface area contributed by atoms with Gasteiger partial charge in [0.05, 0.1) is 0 Å². The van der Waals surface area contributed by atoms with Crippen molar-refractivity contribution in [3.63, 3.8) is 0 Å². The van der Waals surface area contributed by atoms with E-state index in [1.807, 2.05) is 0 Å². The van der Waals surface area contributed by atoms with E-state index in [1.165, 1.54) is 38.2 Å². The van der Waals surface area contributed by atoms with Gasteiger partial charge in [-0.15, -0.1) is 0 Å². The van der Waals surface area contributed by atoms with Gasteiger partial charge in [-0.1, -0.05) is 25.5 Å². The molecule has 26 heavy (non-hydrogen) atoms. The molecule has 3 saturated carbocycles. The summed E-state index contributed by atoms with van der Waals surface area (Å²) in [6.07, 6.45) is 11.1. The SMILES string of the molecule is CC(=O)OC(C)C1CCC2C3CC=C4CC(=O)CCC4(C)C3CCC12C. The van der Waals surface area contributed by atoms with E-state index in [4.69, 9.17) is 4.74 Å². The third kappa shape index (κ3) is 2.60. The molecule has 0 amide bonds. The van der Waals surface area contributed by atoms with Crippen LogP contribution in [0.3, 0.4) is 0 Å². The van der Waals surface area contributed by atoms with E-state index in [0.29, 0.717) is 23.5 Å². The molecular formula is C23H34O3. The van der Waals surface area contributed by atoms with Crippen LogP contribution in [0.15, 0.2) is 11.6 Å². The molecule has 0 bridgehead atoms. The second kappa shape index (κ2) is 6.21. The standard InChI is InChI=1S/C23H34O3/c1-14(26-15(2)24)19-7-8-20-18-6-5-16-13-17(25)9-11-22(16,3)21(18)10-12-23(19,20)4/h5,14,18-21H,6-13H2,1-4H3. The Morgan fingerprint density at radius 3 is 2.69 bits per heavy atom. The maximum absolute atomic E-state index is 12.0. The quantitative estimate of drug-likeness (QED) is 0.510. The van der Waals surface area contributed by atoms with E-state index >= 15 is 0 Å². The van der Waals surface area contributed by atoms with Crippen molar-refractivity contribution in [2.24, 2.45) is 34.5 Å². The predicted octanol–water partition coefficient (Wildman–Crippen LogP) is 5.09. The first-order chi connectivity index (χ1) is 12.3. The molecule has 0 aliphatic heterocycles. The Balaban J connectivity index is 1.60. The summed E-state index contributed by atoms with van der Waals surface area (Å²) in [7, 11) is 0. The molecule has 3 nitrogen and oxygen atoms in total. The van der Waals surface area contributed by atoms with Crippen LogP contribution in [0.25, 0.3) is 0 Å². The summed E-state index contributed by atoms with van der Waals surface area (Å²) >= 11 is 0. The second-order valence-electron chi connectivity index (χ2n) is 10.0. The fourth-order valence-corrected chi connectivity index (χ4v) is 7.63. The Morgan fingerprint density at radius 2 is 1.96 bits per heavy atom. The third-order valence-corrected chi connectivity index (χ3v) is 8.93. The van der Waals surface area contributed by atoms with E-state index in [0.717, 1.165) is 37.0 Å². The fourth-order valence-electron chi connectivity index (χ4n) is 7.63. The Bertz CT molecular complexity index is 650. The number of hydrogen-bond donors (Lipinski definition) is 0. The van der Waals surface area contributed by atoms with Crippen molar-refractivity contribution in [3.05, 3.63) is 11.6 Å². The first-order valence-electron chi connectivity index (χ1n) is 10.6. The van der Waals surface area contributed by atoms with Crippen LogP contribution in [0.4, 0.5) is 0 Å². The lowest BCUT2D eigenvalue weighted by atomic mass is 9.47. The molecule has 4 aliphatic rings. The van der Waals surface area contributed by atoms with Crippen molar-refractivity contribution in [1.82, 2.24) is 0 Å². The number of esters is 1. The molecule has 0 aromatic heterocycles. The molecule has 0 aromatic rings. The van der Waals surface area contributed by atoms with Crippen molar-refractivity contribution in [1.29, 1.82) is 0 Å². The lowest BCUT2D eigenvalue weighted by molar-refractivity contribution is -0.152. The van der Waals surface area contributed by atoms with Crippen molar-refractivity contribution in [2.45, 2.75) is 85.2 Å². The molecule has 3 heteroatoms.